The second-order valence-electron chi connectivity index (χ2n) is 14.9. The fourth-order valence-corrected chi connectivity index (χ4v) is 9.65. The zero-order valence-electron chi connectivity index (χ0n) is 27.7. The number of ether oxygens (including phenoxy) is 1. The molecule has 2 aromatic rings. The highest BCUT2D eigenvalue weighted by Gasteiger charge is 2.60. The number of likely N-dealkylation sites (tertiary alicyclic amines) is 2. The lowest BCUT2D eigenvalue weighted by atomic mass is 9.69. The molecule has 0 spiro atoms. The highest BCUT2D eigenvalue weighted by molar-refractivity contribution is 6.20. The largest absolute Gasteiger partial charge is 0.369 e. The summed E-state index contributed by atoms with van der Waals surface area (Å²) >= 11 is 0. The van der Waals surface area contributed by atoms with Crippen LogP contribution < -0.4 is 10.6 Å². The number of amides is 2. The number of hydrogen-bond donors (Lipinski definition) is 3. The number of alkyl halides is 1. The number of H-pyrrole nitrogens is 1. The van der Waals surface area contributed by atoms with Crippen LogP contribution in [0.5, 0.6) is 0 Å². The fraction of sp³-hybridized carbons (Fsp3) is 0.649. The maximum absolute atomic E-state index is 16.4. The van der Waals surface area contributed by atoms with Crippen LogP contribution in [0.4, 0.5) is 4.39 Å². The van der Waals surface area contributed by atoms with Gasteiger partial charge in [0.15, 0.2) is 5.78 Å². The molecule has 258 valence electrons. The van der Waals surface area contributed by atoms with Gasteiger partial charge in [0.2, 0.25) is 5.91 Å². The first kappa shape index (κ1) is 32.0. The van der Waals surface area contributed by atoms with E-state index in [1.807, 2.05) is 30.6 Å². The number of aromatic amines is 1. The Morgan fingerprint density at radius 3 is 2.73 bits per heavy atom. The zero-order chi connectivity index (χ0) is 32.8. The minimum absolute atomic E-state index is 0.00651. The van der Waals surface area contributed by atoms with Gasteiger partial charge in [0.05, 0.1) is 35.9 Å². The number of morpholine rings is 1. The smallest absolute Gasteiger partial charge is 0.256 e. The second kappa shape index (κ2) is 13.6. The van der Waals surface area contributed by atoms with Crippen molar-refractivity contribution >= 4 is 28.5 Å². The normalized spacial score (nSPS) is 33.7. The molecule has 2 amide bonds. The topological polar surface area (TPSA) is 110 Å². The van der Waals surface area contributed by atoms with Gasteiger partial charge < -0.3 is 30.2 Å². The number of carbonyl (C=O) groups is 3. The second-order valence-corrected chi connectivity index (χ2v) is 14.9. The Balaban J connectivity index is 0.944. The number of Topliss-reactive ketones (excluding diaryl/α,β-unsaturated/α-hetero) is 1. The van der Waals surface area contributed by atoms with Crippen molar-refractivity contribution in [3.8, 4) is 0 Å². The van der Waals surface area contributed by atoms with E-state index >= 15 is 4.39 Å². The van der Waals surface area contributed by atoms with E-state index in [9.17, 15) is 14.4 Å². The lowest BCUT2D eigenvalue weighted by Crippen LogP contribution is -2.73. The molecular weight excluding hydrogens is 611 g/mol. The average Bonchev–Trinajstić information content (AvgIpc) is 3.87. The van der Waals surface area contributed by atoms with Gasteiger partial charge in [-0.2, -0.15) is 0 Å². The summed E-state index contributed by atoms with van der Waals surface area (Å²) in [6.07, 6.45) is 10.2. The summed E-state index contributed by atoms with van der Waals surface area (Å²) in [7, 11) is 0. The summed E-state index contributed by atoms with van der Waals surface area (Å²) in [4.78, 5) is 50.4. The third kappa shape index (κ3) is 6.07. The van der Waals surface area contributed by atoms with E-state index in [2.05, 4.69) is 36.4 Å². The van der Waals surface area contributed by atoms with Crippen molar-refractivity contribution in [2.24, 2.45) is 5.92 Å². The molecule has 3 N–H and O–H groups in total. The number of halogens is 1. The molecule has 2 aliphatic carbocycles. The SMILES string of the molecule is O=C(CCc1c[nH]c2ccccc12)NC1CCN(C2C(F)CC3C(=O)C(C(=O)NCCN4CCCC4)=CN4C5CCCCC5OC2C34)C1. The molecule has 8 atom stereocenters. The van der Waals surface area contributed by atoms with Crippen LogP contribution in [0.1, 0.15) is 63.4 Å². The minimum Gasteiger partial charge on any atom is -0.369 e. The van der Waals surface area contributed by atoms with Crippen molar-refractivity contribution in [2.45, 2.75) is 107 Å². The van der Waals surface area contributed by atoms with Crippen molar-refractivity contribution in [3.05, 3.63) is 47.8 Å². The number of carbonyl (C=O) groups excluding carboxylic acids is 3. The van der Waals surface area contributed by atoms with Crippen LogP contribution in [0.3, 0.4) is 0 Å². The molecule has 6 aliphatic rings. The van der Waals surface area contributed by atoms with E-state index < -0.39 is 24.2 Å². The van der Waals surface area contributed by atoms with Gasteiger partial charge in [-0.1, -0.05) is 31.0 Å². The molecule has 4 aliphatic heterocycles. The van der Waals surface area contributed by atoms with Crippen molar-refractivity contribution in [1.29, 1.82) is 0 Å². The third-order valence-corrected chi connectivity index (χ3v) is 12.0. The number of nitrogens with zero attached hydrogens (tertiary/aromatic N) is 3. The Kier molecular flexibility index (Phi) is 9.02. The molecule has 1 aromatic heterocycles. The zero-order valence-corrected chi connectivity index (χ0v) is 27.7. The van der Waals surface area contributed by atoms with Gasteiger partial charge >= 0.3 is 0 Å². The number of aromatic nitrogens is 1. The van der Waals surface area contributed by atoms with Gasteiger partial charge in [0.25, 0.3) is 5.91 Å². The van der Waals surface area contributed by atoms with Gasteiger partial charge in [-0.3, -0.25) is 19.3 Å². The molecule has 2 saturated carbocycles. The molecule has 5 fully saturated rings. The van der Waals surface area contributed by atoms with Gasteiger partial charge in [-0.25, -0.2) is 4.39 Å². The highest BCUT2D eigenvalue weighted by Crippen LogP contribution is 2.47. The van der Waals surface area contributed by atoms with Gasteiger partial charge in [0, 0.05) is 67.9 Å². The summed E-state index contributed by atoms with van der Waals surface area (Å²) in [6, 6.07) is 7.35. The maximum atomic E-state index is 16.4. The monoisotopic (exact) mass is 660 g/mol. The molecule has 5 heterocycles. The number of hydrogen-bond acceptors (Lipinski definition) is 7. The Morgan fingerprint density at radius 1 is 1.02 bits per heavy atom. The van der Waals surface area contributed by atoms with E-state index in [-0.39, 0.29) is 53.8 Å². The third-order valence-electron chi connectivity index (χ3n) is 12.0. The van der Waals surface area contributed by atoms with Crippen molar-refractivity contribution in [3.63, 3.8) is 0 Å². The number of benzene rings is 1. The standard InChI is InChI=1S/C37H49FN6O4/c38-28-19-26-33-36(34(28)43-17-13-24(21-43)41-32(45)12-11-23-20-40-29-8-2-1-7-25(23)29)48-31-10-4-3-9-30(31)44(33)22-27(35(26)46)37(47)39-14-18-42-15-5-6-16-42/h1-2,7-8,20,22,24,26,28,30-31,33-34,36,40H,3-6,9-19,21H2,(H,39,47)(H,41,45). The van der Waals surface area contributed by atoms with Crippen molar-refractivity contribution in [2.75, 3.05) is 39.3 Å². The average molecular weight is 661 g/mol. The lowest BCUT2D eigenvalue weighted by molar-refractivity contribution is -0.209. The number of ketones is 1. The Morgan fingerprint density at radius 2 is 1.85 bits per heavy atom. The Bertz CT molecular complexity index is 1560. The molecule has 0 radical (unpaired) electrons. The number of para-hydroxylation sites is 1. The first-order valence-electron chi connectivity index (χ1n) is 18.4. The van der Waals surface area contributed by atoms with Gasteiger partial charge in [0.1, 0.15) is 6.17 Å². The van der Waals surface area contributed by atoms with Gasteiger partial charge in [-0.15, -0.1) is 0 Å². The van der Waals surface area contributed by atoms with Crippen LogP contribution in [0.25, 0.3) is 10.9 Å². The van der Waals surface area contributed by atoms with Crippen LogP contribution in [0, 0.1) is 5.92 Å². The van der Waals surface area contributed by atoms with Crippen LogP contribution in [0.15, 0.2) is 42.2 Å². The molecule has 11 heteroatoms. The van der Waals surface area contributed by atoms with E-state index in [0.717, 1.165) is 68.2 Å². The summed E-state index contributed by atoms with van der Waals surface area (Å²) in [6.45, 7) is 4.60. The van der Waals surface area contributed by atoms with E-state index in [0.29, 0.717) is 32.5 Å². The maximum Gasteiger partial charge on any atom is 0.256 e. The minimum atomic E-state index is -1.27. The molecule has 8 unspecified atom stereocenters. The number of rotatable bonds is 9. The molecular formula is C37H49FN6O4. The Labute approximate surface area is 281 Å². The van der Waals surface area contributed by atoms with E-state index in [1.165, 1.54) is 12.8 Å². The summed E-state index contributed by atoms with van der Waals surface area (Å²) in [5.41, 5.74) is 2.37. The van der Waals surface area contributed by atoms with Crippen LogP contribution >= 0.6 is 0 Å². The first-order valence-corrected chi connectivity index (χ1v) is 18.4. The summed E-state index contributed by atoms with van der Waals surface area (Å²) in [5.74, 6) is -1.20. The Hall–Kier alpha value is -3.28. The number of nitrogens with one attached hydrogen (secondary N) is 3. The molecule has 8 rings (SSSR count). The molecule has 10 nitrogen and oxygen atoms in total. The predicted octanol–water partition coefficient (Wildman–Crippen LogP) is 3.08. The number of aryl methyl sites for hydroxylation is 1. The molecule has 1 aromatic carbocycles. The van der Waals surface area contributed by atoms with Crippen molar-refractivity contribution in [1.82, 2.24) is 30.3 Å². The van der Waals surface area contributed by atoms with Crippen LogP contribution in [-0.2, 0) is 25.5 Å². The molecule has 0 bridgehead atoms. The van der Waals surface area contributed by atoms with Crippen molar-refractivity contribution < 1.29 is 23.5 Å². The lowest BCUT2D eigenvalue weighted by Gasteiger charge is -2.60. The first-order chi connectivity index (χ1) is 23.4. The molecule has 48 heavy (non-hydrogen) atoms. The predicted molar refractivity (Wildman–Crippen MR) is 180 cm³/mol. The van der Waals surface area contributed by atoms with Crippen LogP contribution in [-0.4, -0.2) is 119 Å². The fourth-order valence-electron chi connectivity index (χ4n) is 9.65. The van der Waals surface area contributed by atoms with Gasteiger partial charge in [-0.05, 0) is 69.7 Å². The quantitative estimate of drug-likeness (QED) is 0.355. The molecule has 3 saturated heterocycles. The highest BCUT2D eigenvalue weighted by atomic mass is 19.1. The van der Waals surface area contributed by atoms with E-state index in [4.69, 9.17) is 4.74 Å². The van der Waals surface area contributed by atoms with Crippen LogP contribution in [0.2, 0.25) is 0 Å². The summed E-state index contributed by atoms with van der Waals surface area (Å²) in [5, 5.41) is 7.35. The van der Waals surface area contributed by atoms with E-state index in [1.54, 1.807) is 0 Å². The summed E-state index contributed by atoms with van der Waals surface area (Å²) < 4.78 is 23.3. The number of fused-ring (bicyclic) bond motifs is 3.